The second-order valence-electron chi connectivity index (χ2n) is 9.56. The zero-order valence-electron chi connectivity index (χ0n) is 23.1. The normalized spacial score (nSPS) is 11.4. The van der Waals surface area contributed by atoms with Gasteiger partial charge in [-0.05, 0) is 68.7 Å². The van der Waals surface area contributed by atoms with Gasteiger partial charge in [0.05, 0.1) is 23.9 Å². The molecule has 8 nitrogen and oxygen atoms in total. The Bertz CT molecular complexity index is 1070. The Kier molecular flexibility index (Phi) is 15.4. The molecule has 0 atom stereocenters. The Morgan fingerprint density at radius 1 is 0.718 bits per heavy atom. The molecule has 2 aromatic rings. The Balaban J connectivity index is 1.56. The van der Waals surface area contributed by atoms with Crippen molar-refractivity contribution in [1.82, 2.24) is 0 Å². The van der Waals surface area contributed by atoms with Crippen molar-refractivity contribution in [3.05, 3.63) is 48.0 Å². The predicted octanol–water partition coefficient (Wildman–Crippen LogP) is 6.65. The fraction of sp³-hybridized carbons (Fsp3) is 0.567. The van der Waals surface area contributed by atoms with Gasteiger partial charge in [-0.1, -0.05) is 51.4 Å². The highest BCUT2D eigenvalue weighted by Crippen LogP contribution is 2.23. The fourth-order valence-electron chi connectivity index (χ4n) is 4.13. The minimum atomic E-state index is -3.48. The monoisotopic (exact) mass is 564 g/mol. The molecule has 39 heavy (non-hydrogen) atoms. The minimum Gasteiger partial charge on any atom is -0.507 e. The number of phenols is 1. The average molecular weight is 565 g/mol. The molecule has 0 aromatic heterocycles. The van der Waals surface area contributed by atoms with E-state index in [1.54, 1.807) is 24.3 Å². The molecule has 0 saturated heterocycles. The summed E-state index contributed by atoms with van der Waals surface area (Å²) in [6, 6.07) is 10.4. The van der Waals surface area contributed by atoms with Crippen molar-refractivity contribution in [3.8, 4) is 17.2 Å². The third kappa shape index (κ3) is 13.2. The van der Waals surface area contributed by atoms with Gasteiger partial charge in [0.1, 0.15) is 22.8 Å². The molecule has 2 N–H and O–H groups in total. The molecular formula is C30H44O8S. The van der Waals surface area contributed by atoms with Gasteiger partial charge in [0.2, 0.25) is 0 Å². The van der Waals surface area contributed by atoms with Gasteiger partial charge in [0.25, 0.3) is 0 Å². The van der Waals surface area contributed by atoms with E-state index in [-0.39, 0.29) is 40.7 Å². The Morgan fingerprint density at radius 2 is 1.23 bits per heavy atom. The van der Waals surface area contributed by atoms with E-state index in [1.165, 1.54) is 69.6 Å². The number of unbranched alkanes of at least 4 members (excludes halogenated alkanes) is 9. The first kappa shape index (κ1) is 32.4. The maximum absolute atomic E-state index is 12.6. The molecule has 2 rings (SSSR count). The predicted molar refractivity (Wildman–Crippen MR) is 152 cm³/mol. The highest BCUT2D eigenvalue weighted by molar-refractivity contribution is 7.91. The minimum absolute atomic E-state index is 0.0964. The van der Waals surface area contributed by atoms with Crippen LogP contribution in [-0.2, 0) is 14.6 Å². The van der Waals surface area contributed by atoms with E-state index in [1.807, 2.05) is 6.92 Å². The van der Waals surface area contributed by atoms with Crippen LogP contribution in [0.15, 0.2) is 47.4 Å². The maximum Gasteiger partial charge on any atom is 0.339 e. The van der Waals surface area contributed by atoms with E-state index in [0.29, 0.717) is 12.4 Å². The van der Waals surface area contributed by atoms with Gasteiger partial charge >= 0.3 is 5.97 Å². The number of rotatable bonds is 22. The molecule has 218 valence electrons. The van der Waals surface area contributed by atoms with Crippen LogP contribution >= 0.6 is 0 Å². The third-order valence-corrected chi connectivity index (χ3v) is 8.18. The molecule has 2 aromatic carbocycles. The van der Waals surface area contributed by atoms with Crippen LogP contribution in [0.25, 0.3) is 0 Å². The molecule has 0 aliphatic carbocycles. The lowest BCUT2D eigenvalue weighted by Crippen LogP contribution is -2.11. The van der Waals surface area contributed by atoms with Crippen molar-refractivity contribution < 1.29 is 37.6 Å². The van der Waals surface area contributed by atoms with E-state index < -0.39 is 15.8 Å². The molecule has 9 heteroatoms. The SMILES string of the molecule is CCOCCCCCCCCCCCCOc1ccc(S(=O)(=O)CCCOc2ccc(O)c(C(=O)O)c2)cc1. The number of hydrogen-bond donors (Lipinski definition) is 2. The molecule has 0 amide bonds. The summed E-state index contributed by atoms with van der Waals surface area (Å²) in [6.45, 7) is 4.45. The van der Waals surface area contributed by atoms with E-state index in [9.17, 15) is 18.3 Å². The van der Waals surface area contributed by atoms with Crippen molar-refractivity contribution in [2.24, 2.45) is 0 Å². The second-order valence-corrected chi connectivity index (χ2v) is 11.7. The fourth-order valence-corrected chi connectivity index (χ4v) is 5.42. The van der Waals surface area contributed by atoms with E-state index in [2.05, 4.69) is 0 Å². The highest BCUT2D eigenvalue weighted by Gasteiger charge is 2.15. The van der Waals surface area contributed by atoms with Gasteiger partial charge in [-0.3, -0.25) is 0 Å². The summed E-state index contributed by atoms with van der Waals surface area (Å²) in [4.78, 5) is 11.3. The topological polar surface area (TPSA) is 119 Å². The number of benzene rings is 2. The van der Waals surface area contributed by atoms with Gasteiger partial charge in [0, 0.05) is 13.2 Å². The maximum atomic E-state index is 12.6. The molecule has 0 radical (unpaired) electrons. The van der Waals surface area contributed by atoms with E-state index >= 15 is 0 Å². The number of hydrogen-bond acceptors (Lipinski definition) is 7. The first-order chi connectivity index (χ1) is 18.8. The zero-order chi connectivity index (χ0) is 28.3. The Morgan fingerprint density at radius 3 is 1.82 bits per heavy atom. The highest BCUT2D eigenvalue weighted by atomic mass is 32.2. The molecular weight excluding hydrogens is 520 g/mol. The quantitative estimate of drug-likeness (QED) is 0.153. The zero-order valence-corrected chi connectivity index (χ0v) is 23.9. The summed E-state index contributed by atoms with van der Waals surface area (Å²) in [5, 5.41) is 18.6. The van der Waals surface area contributed by atoms with Crippen LogP contribution in [0.4, 0.5) is 0 Å². The number of aromatic carboxylic acids is 1. The number of carbonyl (C=O) groups is 1. The lowest BCUT2D eigenvalue weighted by Gasteiger charge is -2.10. The molecule has 0 unspecified atom stereocenters. The third-order valence-electron chi connectivity index (χ3n) is 6.36. The number of ether oxygens (including phenoxy) is 3. The molecule has 0 spiro atoms. The molecule has 0 aliphatic heterocycles. The van der Waals surface area contributed by atoms with Gasteiger partial charge < -0.3 is 24.4 Å². The summed E-state index contributed by atoms with van der Waals surface area (Å²) in [5.74, 6) is -0.821. The standard InChI is InChI=1S/C30H44O8S/c1-2-36-20-11-9-7-5-3-4-6-8-10-12-21-37-25-14-17-27(18-15-25)39(34,35)23-13-22-38-26-16-19-29(31)28(24-26)30(32)33/h14-19,24,31H,2-13,20-23H2,1H3,(H,32,33). The number of carboxylic acids is 1. The summed E-state index contributed by atoms with van der Waals surface area (Å²) >= 11 is 0. The van der Waals surface area contributed by atoms with Crippen molar-refractivity contribution >= 4 is 15.8 Å². The second kappa shape index (κ2) is 18.5. The summed E-state index contributed by atoms with van der Waals surface area (Å²) in [7, 11) is -3.48. The van der Waals surface area contributed by atoms with Crippen LogP contribution in [0.2, 0.25) is 0 Å². The molecule has 0 fully saturated rings. The van der Waals surface area contributed by atoms with E-state index in [4.69, 9.17) is 19.3 Å². The van der Waals surface area contributed by atoms with Gasteiger partial charge in [-0.25, -0.2) is 13.2 Å². The van der Waals surface area contributed by atoms with Gasteiger partial charge in [-0.2, -0.15) is 0 Å². The van der Waals surface area contributed by atoms with Crippen LogP contribution in [0.1, 0.15) is 87.9 Å². The van der Waals surface area contributed by atoms with Crippen LogP contribution in [0.3, 0.4) is 0 Å². The summed E-state index contributed by atoms with van der Waals surface area (Å²) in [6.07, 6.45) is 12.4. The van der Waals surface area contributed by atoms with Gasteiger partial charge in [0.15, 0.2) is 9.84 Å². The van der Waals surface area contributed by atoms with Crippen molar-refractivity contribution in [1.29, 1.82) is 0 Å². The van der Waals surface area contributed by atoms with Crippen molar-refractivity contribution in [2.75, 3.05) is 32.2 Å². The van der Waals surface area contributed by atoms with Crippen LogP contribution < -0.4 is 9.47 Å². The first-order valence-corrected chi connectivity index (χ1v) is 15.7. The van der Waals surface area contributed by atoms with E-state index in [0.717, 1.165) is 26.1 Å². The summed E-state index contributed by atoms with van der Waals surface area (Å²) < 4.78 is 41.8. The van der Waals surface area contributed by atoms with Crippen molar-refractivity contribution in [2.45, 2.75) is 82.4 Å². The largest absolute Gasteiger partial charge is 0.507 e. The number of aromatic hydroxyl groups is 1. The average Bonchev–Trinajstić information content (AvgIpc) is 2.92. The van der Waals surface area contributed by atoms with Crippen LogP contribution in [0, 0.1) is 0 Å². The van der Waals surface area contributed by atoms with Crippen molar-refractivity contribution in [3.63, 3.8) is 0 Å². The lowest BCUT2D eigenvalue weighted by molar-refractivity contribution is 0.0693. The molecule has 0 aliphatic rings. The lowest BCUT2D eigenvalue weighted by atomic mass is 10.1. The Hall–Kier alpha value is -2.78. The first-order valence-electron chi connectivity index (χ1n) is 14.1. The number of carboxylic acid groups (broad SMARTS) is 1. The molecule has 0 saturated carbocycles. The van der Waals surface area contributed by atoms with Crippen LogP contribution in [0.5, 0.6) is 17.2 Å². The smallest absolute Gasteiger partial charge is 0.339 e. The Labute approximate surface area is 233 Å². The molecule has 0 heterocycles. The van der Waals surface area contributed by atoms with Crippen LogP contribution in [-0.4, -0.2) is 56.8 Å². The molecule has 0 bridgehead atoms. The summed E-state index contributed by atoms with van der Waals surface area (Å²) in [5.41, 5.74) is -0.270. The number of sulfone groups is 1. The van der Waals surface area contributed by atoms with Gasteiger partial charge in [-0.15, -0.1) is 0 Å².